The van der Waals surface area contributed by atoms with Crippen molar-refractivity contribution < 1.29 is 13.9 Å². The van der Waals surface area contributed by atoms with Crippen molar-refractivity contribution in [3.05, 3.63) is 82.9 Å². The molecule has 140 valence electrons. The first kappa shape index (κ1) is 17.9. The van der Waals surface area contributed by atoms with Crippen molar-refractivity contribution in [2.24, 2.45) is 0 Å². The molecule has 0 saturated heterocycles. The summed E-state index contributed by atoms with van der Waals surface area (Å²) in [5, 5.41) is 0.948. The van der Waals surface area contributed by atoms with Gasteiger partial charge in [0, 0.05) is 10.9 Å². The number of para-hydroxylation sites is 1. The molecule has 28 heavy (non-hydrogen) atoms. The molecule has 4 aromatic rings. The molecular formula is C23H20N2O3. The van der Waals surface area contributed by atoms with Gasteiger partial charge in [0.1, 0.15) is 18.1 Å². The number of aromatic nitrogens is 2. The first-order valence-corrected chi connectivity index (χ1v) is 9.09. The predicted molar refractivity (Wildman–Crippen MR) is 107 cm³/mol. The zero-order valence-electron chi connectivity index (χ0n) is 16.0. The minimum atomic E-state index is -0.406. The van der Waals surface area contributed by atoms with E-state index in [0.717, 1.165) is 22.0 Å². The lowest BCUT2D eigenvalue weighted by Gasteiger charge is -2.11. The lowest BCUT2D eigenvalue weighted by molar-refractivity contribution is 0.0465. The summed E-state index contributed by atoms with van der Waals surface area (Å²) in [7, 11) is 0. The molecule has 2 heterocycles. The van der Waals surface area contributed by atoms with E-state index in [4.69, 9.17) is 9.15 Å². The molecule has 0 aliphatic rings. The fraction of sp³-hybridized carbons (Fsp3) is 0.174. The Morgan fingerprint density at radius 2 is 1.68 bits per heavy atom. The van der Waals surface area contributed by atoms with E-state index in [1.807, 2.05) is 75.4 Å². The summed E-state index contributed by atoms with van der Waals surface area (Å²) in [5.41, 5.74) is 4.39. The minimum absolute atomic E-state index is 0.0483. The Morgan fingerprint density at radius 3 is 2.46 bits per heavy atom. The van der Waals surface area contributed by atoms with Crippen molar-refractivity contribution in [2.45, 2.75) is 27.4 Å². The van der Waals surface area contributed by atoms with Crippen LogP contribution in [0.25, 0.3) is 22.4 Å². The number of hydrogen-bond donors (Lipinski definition) is 0. The Hall–Kier alpha value is -3.47. The van der Waals surface area contributed by atoms with E-state index in [9.17, 15) is 4.79 Å². The monoisotopic (exact) mass is 372 g/mol. The van der Waals surface area contributed by atoms with Crippen molar-refractivity contribution in [3.8, 4) is 11.5 Å². The van der Waals surface area contributed by atoms with Gasteiger partial charge in [-0.05, 0) is 44.5 Å². The molecule has 0 aliphatic carbocycles. The molecule has 2 aromatic carbocycles. The molecule has 0 spiro atoms. The standard InChI is InChI=1S/C23H20N2O3/c1-14-18-11-7-8-12-19(18)24-15(2)21(14)23(26)27-13-20-16(3)28-22(25-20)17-9-5-4-6-10-17/h4-12H,13H2,1-3H3. The van der Waals surface area contributed by atoms with Crippen LogP contribution in [0.1, 0.15) is 33.1 Å². The third-order valence-corrected chi connectivity index (χ3v) is 4.79. The van der Waals surface area contributed by atoms with Crippen LogP contribution in [0, 0.1) is 20.8 Å². The number of pyridine rings is 1. The second-order valence-electron chi connectivity index (χ2n) is 6.68. The fourth-order valence-corrected chi connectivity index (χ4v) is 3.30. The molecule has 2 aromatic heterocycles. The van der Waals surface area contributed by atoms with Gasteiger partial charge in [0.25, 0.3) is 0 Å². The number of nitrogens with zero attached hydrogens (tertiary/aromatic N) is 2. The first-order chi connectivity index (χ1) is 13.5. The minimum Gasteiger partial charge on any atom is -0.455 e. The molecule has 0 fully saturated rings. The number of rotatable bonds is 4. The highest BCUT2D eigenvalue weighted by atomic mass is 16.5. The lowest BCUT2D eigenvalue weighted by Crippen LogP contribution is -2.11. The molecule has 5 nitrogen and oxygen atoms in total. The summed E-state index contributed by atoms with van der Waals surface area (Å²) in [5.74, 6) is 0.748. The summed E-state index contributed by atoms with van der Waals surface area (Å²) < 4.78 is 11.3. The topological polar surface area (TPSA) is 65.2 Å². The SMILES string of the molecule is Cc1nc2ccccc2c(C)c1C(=O)OCc1nc(-c2ccccc2)oc1C. The number of aryl methyl sites for hydroxylation is 3. The molecule has 0 N–H and O–H groups in total. The molecule has 0 unspecified atom stereocenters. The number of ether oxygens (including phenoxy) is 1. The predicted octanol–water partition coefficient (Wildman–Crippen LogP) is 5.17. The number of benzene rings is 2. The third kappa shape index (κ3) is 3.27. The van der Waals surface area contributed by atoms with E-state index in [-0.39, 0.29) is 6.61 Å². The Labute approximate surface area is 163 Å². The van der Waals surface area contributed by atoms with Gasteiger partial charge in [0.2, 0.25) is 5.89 Å². The van der Waals surface area contributed by atoms with Gasteiger partial charge in [-0.1, -0.05) is 36.4 Å². The van der Waals surface area contributed by atoms with E-state index in [2.05, 4.69) is 9.97 Å². The molecule has 0 amide bonds. The van der Waals surface area contributed by atoms with Gasteiger partial charge in [0.15, 0.2) is 0 Å². The number of esters is 1. The number of hydrogen-bond acceptors (Lipinski definition) is 5. The van der Waals surface area contributed by atoms with Crippen LogP contribution in [0.5, 0.6) is 0 Å². The van der Waals surface area contributed by atoms with Gasteiger partial charge >= 0.3 is 5.97 Å². The van der Waals surface area contributed by atoms with Crippen molar-refractivity contribution in [1.82, 2.24) is 9.97 Å². The third-order valence-electron chi connectivity index (χ3n) is 4.79. The average molecular weight is 372 g/mol. The largest absolute Gasteiger partial charge is 0.455 e. The number of fused-ring (bicyclic) bond motifs is 1. The summed E-state index contributed by atoms with van der Waals surface area (Å²) in [6.07, 6.45) is 0. The van der Waals surface area contributed by atoms with E-state index < -0.39 is 5.97 Å². The molecule has 0 radical (unpaired) electrons. The highest BCUT2D eigenvalue weighted by Gasteiger charge is 2.19. The Bertz CT molecular complexity index is 1160. The maximum absolute atomic E-state index is 12.8. The van der Waals surface area contributed by atoms with Crippen molar-refractivity contribution in [3.63, 3.8) is 0 Å². The molecule has 0 saturated carbocycles. The maximum Gasteiger partial charge on any atom is 0.340 e. The number of carbonyl (C=O) groups is 1. The smallest absolute Gasteiger partial charge is 0.340 e. The maximum atomic E-state index is 12.8. The average Bonchev–Trinajstić information content (AvgIpc) is 3.08. The van der Waals surface area contributed by atoms with Gasteiger partial charge in [0.05, 0.1) is 16.8 Å². The van der Waals surface area contributed by atoms with Gasteiger partial charge in [-0.2, -0.15) is 0 Å². The van der Waals surface area contributed by atoms with Crippen LogP contribution in [0.2, 0.25) is 0 Å². The van der Waals surface area contributed by atoms with E-state index >= 15 is 0 Å². The van der Waals surface area contributed by atoms with Crippen molar-refractivity contribution >= 4 is 16.9 Å². The Balaban J connectivity index is 1.57. The van der Waals surface area contributed by atoms with E-state index in [0.29, 0.717) is 28.6 Å². The van der Waals surface area contributed by atoms with E-state index in [1.165, 1.54) is 0 Å². The number of oxazole rings is 1. The van der Waals surface area contributed by atoms with Crippen molar-refractivity contribution in [2.75, 3.05) is 0 Å². The zero-order chi connectivity index (χ0) is 19.7. The van der Waals surface area contributed by atoms with Crippen LogP contribution in [-0.4, -0.2) is 15.9 Å². The van der Waals surface area contributed by atoms with Crippen LogP contribution in [0.3, 0.4) is 0 Å². The molecule has 0 aliphatic heterocycles. The summed E-state index contributed by atoms with van der Waals surface area (Å²) >= 11 is 0. The van der Waals surface area contributed by atoms with Gasteiger partial charge in [-0.15, -0.1) is 0 Å². The van der Waals surface area contributed by atoms with Gasteiger partial charge in [-0.25, -0.2) is 9.78 Å². The summed E-state index contributed by atoms with van der Waals surface area (Å²) in [6.45, 7) is 5.61. The first-order valence-electron chi connectivity index (χ1n) is 9.09. The van der Waals surface area contributed by atoms with Crippen LogP contribution in [0.15, 0.2) is 59.0 Å². The molecule has 4 rings (SSSR count). The van der Waals surface area contributed by atoms with Gasteiger partial charge in [-0.3, -0.25) is 4.98 Å². The molecular weight excluding hydrogens is 352 g/mol. The van der Waals surface area contributed by atoms with Crippen LogP contribution in [-0.2, 0) is 11.3 Å². The lowest BCUT2D eigenvalue weighted by atomic mass is 10.0. The zero-order valence-corrected chi connectivity index (χ0v) is 16.0. The van der Waals surface area contributed by atoms with Crippen LogP contribution in [0.4, 0.5) is 0 Å². The Morgan fingerprint density at radius 1 is 0.964 bits per heavy atom. The Kier molecular flexibility index (Phi) is 4.65. The molecule has 0 bridgehead atoms. The fourth-order valence-electron chi connectivity index (χ4n) is 3.30. The van der Waals surface area contributed by atoms with Crippen LogP contribution < -0.4 is 0 Å². The quantitative estimate of drug-likeness (QED) is 0.462. The second kappa shape index (κ2) is 7.27. The molecule has 5 heteroatoms. The summed E-state index contributed by atoms with van der Waals surface area (Å²) in [6, 6.07) is 17.4. The highest BCUT2D eigenvalue weighted by molar-refractivity contribution is 5.98. The second-order valence-corrected chi connectivity index (χ2v) is 6.68. The van der Waals surface area contributed by atoms with Gasteiger partial charge < -0.3 is 9.15 Å². The van der Waals surface area contributed by atoms with E-state index in [1.54, 1.807) is 0 Å². The normalized spacial score (nSPS) is 11.0. The van der Waals surface area contributed by atoms with Crippen LogP contribution >= 0.6 is 0 Å². The van der Waals surface area contributed by atoms with Crippen molar-refractivity contribution in [1.29, 1.82) is 0 Å². The summed E-state index contributed by atoms with van der Waals surface area (Å²) in [4.78, 5) is 21.8. The number of carbonyl (C=O) groups excluding carboxylic acids is 1. The highest BCUT2D eigenvalue weighted by Crippen LogP contribution is 2.25. The molecule has 0 atom stereocenters.